The number of rotatable bonds is 3. The van der Waals surface area contributed by atoms with E-state index in [1.54, 1.807) is 0 Å². The third-order valence-corrected chi connectivity index (χ3v) is 3.48. The van der Waals surface area contributed by atoms with E-state index in [1.165, 1.54) is 0 Å². The molecule has 2 aromatic heterocycles. The summed E-state index contributed by atoms with van der Waals surface area (Å²) in [4.78, 5) is 4.67. The lowest BCUT2D eigenvalue weighted by atomic mass is 10.2. The highest BCUT2D eigenvalue weighted by molar-refractivity contribution is 5.63. The molecule has 22 heavy (non-hydrogen) atoms. The van der Waals surface area contributed by atoms with Crippen LogP contribution in [0.15, 0.2) is 85.2 Å². The Morgan fingerprint density at radius 3 is 2.27 bits per heavy atom. The molecule has 106 valence electrons. The number of pyridine rings is 1. The molecule has 0 saturated carbocycles. The summed E-state index contributed by atoms with van der Waals surface area (Å²) in [5.41, 5.74) is 2.93. The fourth-order valence-corrected chi connectivity index (χ4v) is 2.40. The van der Waals surface area contributed by atoms with Crippen molar-refractivity contribution in [1.82, 2.24) is 9.38 Å². The molecule has 0 unspecified atom stereocenters. The van der Waals surface area contributed by atoms with Gasteiger partial charge in [0.25, 0.3) is 0 Å². The Morgan fingerprint density at radius 2 is 1.50 bits per heavy atom. The van der Waals surface area contributed by atoms with Gasteiger partial charge in [-0.05, 0) is 18.2 Å². The van der Waals surface area contributed by atoms with Crippen LogP contribution in [-0.4, -0.2) is 9.38 Å². The zero-order valence-electron chi connectivity index (χ0n) is 11.9. The monoisotopic (exact) mass is 286 g/mol. The van der Waals surface area contributed by atoms with Crippen LogP contribution in [0.25, 0.3) is 16.9 Å². The van der Waals surface area contributed by atoms with Gasteiger partial charge in [0, 0.05) is 24.0 Å². The molecule has 0 spiro atoms. The number of hydrogen-bond donors (Lipinski definition) is 0. The van der Waals surface area contributed by atoms with E-state index in [4.69, 9.17) is 4.74 Å². The SMILES string of the molecule is c1ccc(Oc2ccn3cc(-c4ccccc4)nc3c2)cc1. The second-order valence-corrected chi connectivity index (χ2v) is 5.04. The van der Waals surface area contributed by atoms with Crippen LogP contribution in [0.2, 0.25) is 0 Å². The van der Waals surface area contributed by atoms with E-state index in [0.717, 1.165) is 28.4 Å². The molecular weight excluding hydrogens is 272 g/mol. The first kappa shape index (κ1) is 12.7. The predicted octanol–water partition coefficient (Wildman–Crippen LogP) is 4.79. The lowest BCUT2D eigenvalue weighted by Crippen LogP contribution is -1.87. The highest BCUT2D eigenvalue weighted by atomic mass is 16.5. The standard InChI is InChI=1S/C19H14N2O/c1-3-7-15(8-4-1)18-14-21-12-11-17(13-19(21)20-18)22-16-9-5-2-6-10-16/h1-14H. The Morgan fingerprint density at radius 1 is 0.773 bits per heavy atom. The van der Waals surface area contributed by atoms with Crippen molar-refractivity contribution in [3.63, 3.8) is 0 Å². The van der Waals surface area contributed by atoms with Gasteiger partial charge in [-0.3, -0.25) is 0 Å². The van der Waals surface area contributed by atoms with Gasteiger partial charge in [0.05, 0.1) is 5.69 Å². The number of nitrogens with zero attached hydrogens (tertiary/aromatic N) is 2. The average Bonchev–Trinajstić information content (AvgIpc) is 3.00. The Balaban J connectivity index is 1.69. The summed E-state index contributed by atoms with van der Waals surface area (Å²) < 4.78 is 7.85. The number of hydrogen-bond acceptors (Lipinski definition) is 2. The smallest absolute Gasteiger partial charge is 0.141 e. The van der Waals surface area contributed by atoms with Crippen molar-refractivity contribution in [2.75, 3.05) is 0 Å². The minimum absolute atomic E-state index is 0.781. The van der Waals surface area contributed by atoms with Gasteiger partial charge in [0.15, 0.2) is 0 Å². The van der Waals surface area contributed by atoms with E-state index in [0.29, 0.717) is 0 Å². The van der Waals surface area contributed by atoms with Crippen molar-refractivity contribution in [2.45, 2.75) is 0 Å². The summed E-state index contributed by atoms with van der Waals surface area (Å²) in [5, 5.41) is 0. The van der Waals surface area contributed by atoms with Gasteiger partial charge in [-0.1, -0.05) is 48.5 Å². The van der Waals surface area contributed by atoms with Gasteiger partial charge in [0.2, 0.25) is 0 Å². The predicted molar refractivity (Wildman–Crippen MR) is 87.1 cm³/mol. The molecule has 0 aliphatic rings. The maximum absolute atomic E-state index is 5.85. The minimum atomic E-state index is 0.781. The van der Waals surface area contributed by atoms with Crippen molar-refractivity contribution in [3.05, 3.63) is 85.2 Å². The summed E-state index contributed by atoms with van der Waals surface area (Å²) in [5.74, 6) is 1.60. The van der Waals surface area contributed by atoms with Crippen LogP contribution in [-0.2, 0) is 0 Å². The number of benzene rings is 2. The molecule has 2 heterocycles. The summed E-state index contributed by atoms with van der Waals surface area (Å²) in [6, 6.07) is 23.8. The second-order valence-electron chi connectivity index (χ2n) is 5.04. The van der Waals surface area contributed by atoms with Gasteiger partial charge in [0.1, 0.15) is 17.1 Å². The van der Waals surface area contributed by atoms with Crippen LogP contribution in [0.1, 0.15) is 0 Å². The third kappa shape index (κ3) is 2.44. The zero-order chi connectivity index (χ0) is 14.8. The van der Waals surface area contributed by atoms with Crippen LogP contribution in [0.5, 0.6) is 11.5 Å². The molecule has 3 nitrogen and oxygen atoms in total. The van der Waals surface area contributed by atoms with Crippen LogP contribution in [0, 0.1) is 0 Å². The lowest BCUT2D eigenvalue weighted by Gasteiger charge is -2.05. The van der Waals surface area contributed by atoms with Gasteiger partial charge in [-0.2, -0.15) is 0 Å². The van der Waals surface area contributed by atoms with Crippen LogP contribution in [0.4, 0.5) is 0 Å². The molecule has 0 amide bonds. The first-order valence-corrected chi connectivity index (χ1v) is 7.15. The minimum Gasteiger partial charge on any atom is -0.457 e. The highest BCUT2D eigenvalue weighted by Crippen LogP contribution is 2.24. The molecule has 0 atom stereocenters. The number of ether oxygens (including phenoxy) is 1. The van der Waals surface area contributed by atoms with Gasteiger partial charge in [-0.15, -0.1) is 0 Å². The Bertz CT molecular complexity index is 899. The largest absolute Gasteiger partial charge is 0.457 e. The summed E-state index contributed by atoms with van der Waals surface area (Å²) in [6.07, 6.45) is 3.99. The van der Waals surface area contributed by atoms with Gasteiger partial charge >= 0.3 is 0 Å². The third-order valence-electron chi connectivity index (χ3n) is 3.48. The topological polar surface area (TPSA) is 26.5 Å². The van der Waals surface area contributed by atoms with Crippen molar-refractivity contribution in [3.8, 4) is 22.8 Å². The van der Waals surface area contributed by atoms with E-state index in [-0.39, 0.29) is 0 Å². The summed E-state index contributed by atoms with van der Waals surface area (Å²) in [7, 11) is 0. The fraction of sp³-hybridized carbons (Fsp3) is 0. The maximum Gasteiger partial charge on any atom is 0.141 e. The second kappa shape index (κ2) is 5.37. The Kier molecular flexibility index (Phi) is 3.09. The molecule has 4 aromatic rings. The number of para-hydroxylation sites is 1. The van der Waals surface area contributed by atoms with E-state index in [1.807, 2.05) is 77.5 Å². The Labute approximate surface area is 128 Å². The fourth-order valence-electron chi connectivity index (χ4n) is 2.40. The van der Waals surface area contributed by atoms with E-state index >= 15 is 0 Å². The molecular formula is C19H14N2O. The first-order chi connectivity index (χ1) is 10.9. The molecule has 0 N–H and O–H groups in total. The van der Waals surface area contributed by atoms with Crippen molar-refractivity contribution in [2.24, 2.45) is 0 Å². The molecule has 0 fully saturated rings. The average molecular weight is 286 g/mol. The van der Waals surface area contributed by atoms with Crippen LogP contribution < -0.4 is 4.74 Å². The quantitative estimate of drug-likeness (QED) is 0.541. The van der Waals surface area contributed by atoms with Crippen molar-refractivity contribution >= 4 is 5.65 Å². The molecule has 4 rings (SSSR count). The molecule has 0 radical (unpaired) electrons. The van der Waals surface area contributed by atoms with E-state index in [9.17, 15) is 0 Å². The van der Waals surface area contributed by atoms with Gasteiger partial charge in [-0.25, -0.2) is 4.98 Å². The summed E-state index contributed by atoms with van der Waals surface area (Å²) in [6.45, 7) is 0. The van der Waals surface area contributed by atoms with Crippen LogP contribution in [0.3, 0.4) is 0 Å². The van der Waals surface area contributed by atoms with Crippen LogP contribution >= 0.6 is 0 Å². The Hall–Kier alpha value is -3.07. The molecule has 0 aliphatic carbocycles. The van der Waals surface area contributed by atoms with Crippen molar-refractivity contribution < 1.29 is 4.74 Å². The molecule has 2 aromatic carbocycles. The molecule has 0 saturated heterocycles. The summed E-state index contributed by atoms with van der Waals surface area (Å²) >= 11 is 0. The zero-order valence-corrected chi connectivity index (χ0v) is 11.9. The van der Waals surface area contributed by atoms with Gasteiger partial charge < -0.3 is 9.14 Å². The molecule has 0 bridgehead atoms. The maximum atomic E-state index is 5.85. The molecule has 0 aliphatic heterocycles. The molecule has 3 heteroatoms. The van der Waals surface area contributed by atoms with E-state index in [2.05, 4.69) is 17.1 Å². The van der Waals surface area contributed by atoms with Crippen molar-refractivity contribution in [1.29, 1.82) is 0 Å². The number of imidazole rings is 1. The number of aromatic nitrogens is 2. The van der Waals surface area contributed by atoms with E-state index < -0.39 is 0 Å². The normalized spacial score (nSPS) is 10.7. The first-order valence-electron chi connectivity index (χ1n) is 7.15. The number of fused-ring (bicyclic) bond motifs is 1. The highest BCUT2D eigenvalue weighted by Gasteiger charge is 2.05. The lowest BCUT2D eigenvalue weighted by molar-refractivity contribution is 0.482.